The molecule has 0 saturated heterocycles. The van der Waals surface area contributed by atoms with Gasteiger partial charge in [0, 0.05) is 0 Å². The lowest BCUT2D eigenvalue weighted by Gasteiger charge is -2.18. The van der Waals surface area contributed by atoms with E-state index in [9.17, 15) is 4.79 Å². The first-order valence-corrected chi connectivity index (χ1v) is 3.85. The van der Waals surface area contributed by atoms with E-state index in [0.717, 1.165) is 0 Å². The van der Waals surface area contributed by atoms with Crippen molar-refractivity contribution in [3.63, 3.8) is 0 Å². The van der Waals surface area contributed by atoms with E-state index in [-0.39, 0.29) is 17.3 Å². The lowest BCUT2D eigenvalue weighted by molar-refractivity contribution is -0.149. The summed E-state index contributed by atoms with van der Waals surface area (Å²) in [5, 5.41) is 0. The summed E-state index contributed by atoms with van der Waals surface area (Å²) in [6, 6.07) is 0. The van der Waals surface area contributed by atoms with E-state index in [1.54, 1.807) is 0 Å². The van der Waals surface area contributed by atoms with E-state index in [1.165, 1.54) is 0 Å². The predicted octanol–water partition coefficient (Wildman–Crippen LogP) is 2.05. The molecule has 0 fully saturated rings. The van der Waals surface area contributed by atoms with Gasteiger partial charge in [0.1, 0.15) is 0 Å². The maximum absolute atomic E-state index is 10.9. The molecule has 1 radical (unpaired) electrons. The maximum atomic E-state index is 10.9. The molecule has 65 valence electrons. The molecule has 0 aromatic heterocycles. The van der Waals surface area contributed by atoms with E-state index < -0.39 is 0 Å². The van der Waals surface area contributed by atoms with E-state index in [1.807, 2.05) is 27.7 Å². The van der Waals surface area contributed by atoms with Crippen molar-refractivity contribution in [3.05, 3.63) is 6.92 Å². The molecule has 0 spiro atoms. The second kappa shape index (κ2) is 3.74. The number of carbonyl (C=O) groups is 1. The van der Waals surface area contributed by atoms with Crippen LogP contribution in [0.3, 0.4) is 0 Å². The van der Waals surface area contributed by atoms with Gasteiger partial charge in [-0.1, -0.05) is 27.7 Å². The van der Waals surface area contributed by atoms with Gasteiger partial charge in [-0.05, 0) is 12.3 Å². The Labute approximate surface area is 68.9 Å². The van der Waals surface area contributed by atoms with Crippen molar-refractivity contribution >= 4 is 5.97 Å². The number of hydrogen-bond donors (Lipinski definition) is 0. The maximum Gasteiger partial charge on any atom is 0.308 e. The van der Waals surface area contributed by atoms with Crippen molar-refractivity contribution in [2.24, 2.45) is 11.3 Å². The van der Waals surface area contributed by atoms with Crippen molar-refractivity contribution in [2.75, 3.05) is 6.61 Å². The van der Waals surface area contributed by atoms with Crippen LogP contribution in [0.4, 0.5) is 0 Å². The fourth-order valence-electron chi connectivity index (χ4n) is 0.433. The summed E-state index contributed by atoms with van der Waals surface area (Å²) < 4.78 is 4.97. The molecule has 0 aliphatic carbocycles. The fraction of sp³-hybridized carbons (Fsp3) is 0.778. The van der Waals surface area contributed by atoms with Gasteiger partial charge in [0.05, 0.1) is 12.5 Å². The highest BCUT2D eigenvalue weighted by atomic mass is 16.5. The van der Waals surface area contributed by atoms with Crippen LogP contribution in [0.2, 0.25) is 0 Å². The standard InChI is InChI=1S/C9H17O2/c1-7(2)8(10)11-6-9(3,4)5/h7H,3,6H2,1-2,4-5H3. The molecule has 0 atom stereocenters. The molecule has 0 aliphatic rings. The molecule has 2 nitrogen and oxygen atoms in total. The smallest absolute Gasteiger partial charge is 0.308 e. The molecule has 2 heteroatoms. The lowest BCUT2D eigenvalue weighted by atomic mass is 9.99. The van der Waals surface area contributed by atoms with Crippen molar-refractivity contribution in [1.82, 2.24) is 0 Å². The molecule has 0 aromatic rings. The van der Waals surface area contributed by atoms with Crippen LogP contribution >= 0.6 is 0 Å². The molecule has 0 heterocycles. The Balaban J connectivity index is 3.64. The predicted molar refractivity (Wildman–Crippen MR) is 44.9 cm³/mol. The summed E-state index contributed by atoms with van der Waals surface area (Å²) >= 11 is 0. The first kappa shape index (κ1) is 10.5. The van der Waals surface area contributed by atoms with Crippen LogP contribution in [-0.4, -0.2) is 12.6 Å². The highest BCUT2D eigenvalue weighted by molar-refractivity contribution is 5.71. The SMILES string of the molecule is [CH2]C(C)(C)COC(=O)C(C)C. The van der Waals surface area contributed by atoms with Crippen molar-refractivity contribution < 1.29 is 9.53 Å². The summed E-state index contributed by atoms with van der Waals surface area (Å²) in [6.07, 6.45) is 0. The molecule has 0 N–H and O–H groups in total. The molecule has 11 heavy (non-hydrogen) atoms. The van der Waals surface area contributed by atoms with Gasteiger partial charge in [0.2, 0.25) is 0 Å². The van der Waals surface area contributed by atoms with Gasteiger partial charge in [-0.25, -0.2) is 0 Å². The van der Waals surface area contributed by atoms with Gasteiger partial charge in [-0.15, -0.1) is 0 Å². The summed E-state index contributed by atoms with van der Waals surface area (Å²) in [5.41, 5.74) is -0.176. The van der Waals surface area contributed by atoms with Crippen LogP contribution < -0.4 is 0 Å². The van der Waals surface area contributed by atoms with E-state index >= 15 is 0 Å². The van der Waals surface area contributed by atoms with E-state index in [0.29, 0.717) is 6.61 Å². The average Bonchev–Trinajstić information content (AvgIpc) is 1.80. The van der Waals surface area contributed by atoms with Gasteiger partial charge in [0.15, 0.2) is 0 Å². The normalized spacial score (nSPS) is 11.8. The zero-order valence-electron chi connectivity index (χ0n) is 7.81. The number of carbonyl (C=O) groups excluding carboxylic acids is 1. The van der Waals surface area contributed by atoms with Crippen LogP contribution in [0.1, 0.15) is 27.7 Å². The monoisotopic (exact) mass is 157 g/mol. The van der Waals surface area contributed by atoms with Crippen LogP contribution in [0, 0.1) is 18.3 Å². The van der Waals surface area contributed by atoms with E-state index in [4.69, 9.17) is 4.74 Å². The van der Waals surface area contributed by atoms with Crippen LogP contribution in [0.15, 0.2) is 0 Å². The van der Waals surface area contributed by atoms with Crippen LogP contribution in [0.5, 0.6) is 0 Å². The Kier molecular flexibility index (Phi) is 3.56. The van der Waals surface area contributed by atoms with Gasteiger partial charge in [0.25, 0.3) is 0 Å². The van der Waals surface area contributed by atoms with Gasteiger partial charge in [-0.3, -0.25) is 4.79 Å². The zero-order chi connectivity index (χ0) is 9.07. The molecular weight excluding hydrogens is 140 g/mol. The van der Waals surface area contributed by atoms with Crippen LogP contribution in [-0.2, 0) is 9.53 Å². The third-order valence-electron chi connectivity index (χ3n) is 1.08. The van der Waals surface area contributed by atoms with Crippen molar-refractivity contribution in [3.8, 4) is 0 Å². The fourth-order valence-corrected chi connectivity index (χ4v) is 0.433. The number of rotatable bonds is 3. The summed E-state index contributed by atoms with van der Waals surface area (Å²) in [6.45, 7) is 11.7. The molecule has 0 bridgehead atoms. The van der Waals surface area contributed by atoms with Gasteiger partial charge in [-0.2, -0.15) is 0 Å². The summed E-state index contributed by atoms with van der Waals surface area (Å²) in [7, 11) is 0. The second-order valence-corrected chi connectivity index (χ2v) is 3.93. The number of esters is 1. The third kappa shape index (κ3) is 5.89. The second-order valence-electron chi connectivity index (χ2n) is 3.93. The van der Waals surface area contributed by atoms with Crippen molar-refractivity contribution in [2.45, 2.75) is 27.7 Å². The molecule has 0 amide bonds. The van der Waals surface area contributed by atoms with Gasteiger partial charge >= 0.3 is 5.97 Å². The van der Waals surface area contributed by atoms with E-state index in [2.05, 4.69) is 6.92 Å². The largest absolute Gasteiger partial charge is 0.465 e. The molecular formula is C9H17O2. The minimum atomic E-state index is -0.176. The third-order valence-corrected chi connectivity index (χ3v) is 1.08. The van der Waals surface area contributed by atoms with Crippen LogP contribution in [0.25, 0.3) is 0 Å². The Hall–Kier alpha value is -0.530. The average molecular weight is 157 g/mol. The summed E-state index contributed by atoms with van der Waals surface area (Å²) in [4.78, 5) is 10.9. The molecule has 0 unspecified atom stereocenters. The molecule has 0 saturated carbocycles. The summed E-state index contributed by atoms with van der Waals surface area (Å²) in [5.74, 6) is -0.195. The molecule has 0 aliphatic heterocycles. The topological polar surface area (TPSA) is 26.3 Å². The Morgan fingerprint density at radius 2 is 2.00 bits per heavy atom. The first-order chi connectivity index (χ1) is 4.83. The Bertz CT molecular complexity index is 131. The number of ether oxygens (including phenoxy) is 1. The minimum absolute atomic E-state index is 0.0441. The van der Waals surface area contributed by atoms with Gasteiger partial charge < -0.3 is 4.74 Å². The molecule has 0 aromatic carbocycles. The minimum Gasteiger partial charge on any atom is -0.465 e. The zero-order valence-corrected chi connectivity index (χ0v) is 7.81. The number of hydrogen-bond acceptors (Lipinski definition) is 2. The highest BCUT2D eigenvalue weighted by Crippen LogP contribution is 2.13. The molecule has 0 rings (SSSR count). The lowest BCUT2D eigenvalue weighted by Crippen LogP contribution is -2.21. The van der Waals surface area contributed by atoms with Crippen molar-refractivity contribution in [1.29, 1.82) is 0 Å². The Morgan fingerprint density at radius 3 is 2.27 bits per heavy atom. The first-order valence-electron chi connectivity index (χ1n) is 3.85. The highest BCUT2D eigenvalue weighted by Gasteiger charge is 2.15. The Morgan fingerprint density at radius 1 is 1.55 bits per heavy atom. The quantitative estimate of drug-likeness (QED) is 0.586.